The first-order valence-corrected chi connectivity index (χ1v) is 10.3. The Kier molecular flexibility index (Phi) is 5.51. The fraction of sp³-hybridized carbons (Fsp3) is 0.200. The maximum Gasteiger partial charge on any atom is 0.264 e. The van der Waals surface area contributed by atoms with Crippen LogP contribution in [0, 0.1) is 6.92 Å². The normalized spacial score (nSPS) is 11.2. The van der Waals surface area contributed by atoms with Crippen molar-refractivity contribution in [2.45, 2.75) is 25.3 Å². The van der Waals surface area contributed by atoms with Gasteiger partial charge in [0, 0.05) is 25.2 Å². The molecule has 0 saturated heterocycles. The molecule has 0 fully saturated rings. The summed E-state index contributed by atoms with van der Waals surface area (Å²) in [5.74, 6) is 0.155. The van der Waals surface area contributed by atoms with Crippen LogP contribution in [0.15, 0.2) is 65.7 Å². The highest BCUT2D eigenvalue weighted by molar-refractivity contribution is 7.92. The molecule has 0 spiro atoms. The zero-order valence-electron chi connectivity index (χ0n) is 16.0. The summed E-state index contributed by atoms with van der Waals surface area (Å²) in [6.45, 7) is 4.46. The van der Waals surface area contributed by atoms with E-state index in [0.717, 1.165) is 5.56 Å². The zero-order valence-corrected chi connectivity index (χ0v) is 16.8. The van der Waals surface area contributed by atoms with Crippen LogP contribution < -0.4 is 9.62 Å². The molecule has 1 heterocycles. The number of nitrogens with one attached hydrogen (secondary N) is 1. The van der Waals surface area contributed by atoms with Crippen molar-refractivity contribution in [3.05, 3.63) is 71.9 Å². The average molecular weight is 398 g/mol. The summed E-state index contributed by atoms with van der Waals surface area (Å²) in [7, 11) is -2.31. The largest absolute Gasteiger partial charge is 0.307 e. The maximum absolute atomic E-state index is 13.0. The van der Waals surface area contributed by atoms with Crippen molar-refractivity contribution in [3.8, 4) is 0 Å². The number of hydrogen-bond acceptors (Lipinski definition) is 4. The number of hydrogen-bond donors (Lipinski definition) is 1. The molecule has 8 heteroatoms. The molecule has 0 bridgehead atoms. The van der Waals surface area contributed by atoms with Crippen molar-refractivity contribution in [1.82, 2.24) is 9.78 Å². The predicted octanol–water partition coefficient (Wildman–Crippen LogP) is 3.29. The highest BCUT2D eigenvalue weighted by Gasteiger charge is 2.22. The van der Waals surface area contributed by atoms with E-state index in [1.807, 2.05) is 26.0 Å². The van der Waals surface area contributed by atoms with Crippen molar-refractivity contribution in [2.75, 3.05) is 16.7 Å². The van der Waals surface area contributed by atoms with E-state index in [-0.39, 0.29) is 10.5 Å². The first-order valence-electron chi connectivity index (χ1n) is 8.81. The fourth-order valence-corrected chi connectivity index (χ4v) is 3.97. The van der Waals surface area contributed by atoms with Crippen molar-refractivity contribution in [3.63, 3.8) is 0 Å². The quantitative estimate of drug-likeness (QED) is 0.691. The number of carbonyl (C=O) groups excluding carboxylic acids is 1. The number of rotatable bonds is 6. The minimum atomic E-state index is -3.80. The van der Waals surface area contributed by atoms with Gasteiger partial charge in [-0.05, 0) is 44.2 Å². The molecular formula is C20H22N4O3S. The first-order chi connectivity index (χ1) is 13.3. The van der Waals surface area contributed by atoms with Crippen molar-refractivity contribution in [2.24, 2.45) is 0 Å². The van der Waals surface area contributed by atoms with E-state index < -0.39 is 15.9 Å². The summed E-state index contributed by atoms with van der Waals surface area (Å²) in [6.07, 6.45) is 1.59. The molecule has 3 aromatic rings. The van der Waals surface area contributed by atoms with Gasteiger partial charge >= 0.3 is 0 Å². The van der Waals surface area contributed by atoms with Crippen molar-refractivity contribution < 1.29 is 13.2 Å². The second kappa shape index (κ2) is 7.85. The van der Waals surface area contributed by atoms with Crippen LogP contribution in [0.1, 0.15) is 22.8 Å². The summed E-state index contributed by atoms with van der Waals surface area (Å²) >= 11 is 0. The van der Waals surface area contributed by atoms with Gasteiger partial charge in [-0.25, -0.2) is 13.1 Å². The SMILES string of the molecule is CCn1nccc1NC(=O)c1cccc(S(=O)(=O)N(C)c2ccc(C)cc2)c1. The van der Waals surface area contributed by atoms with Crippen LogP contribution in [0.3, 0.4) is 0 Å². The van der Waals surface area contributed by atoms with Crippen LogP contribution in [0.2, 0.25) is 0 Å². The van der Waals surface area contributed by atoms with E-state index in [2.05, 4.69) is 10.4 Å². The minimum Gasteiger partial charge on any atom is -0.307 e. The molecule has 3 rings (SSSR count). The summed E-state index contributed by atoms with van der Waals surface area (Å²) in [5, 5.41) is 6.86. The Labute approximate surface area is 164 Å². The highest BCUT2D eigenvalue weighted by atomic mass is 32.2. The number of benzene rings is 2. The lowest BCUT2D eigenvalue weighted by atomic mass is 10.2. The van der Waals surface area contributed by atoms with Crippen LogP contribution >= 0.6 is 0 Å². The summed E-state index contributed by atoms with van der Waals surface area (Å²) < 4.78 is 28.8. The van der Waals surface area contributed by atoms with E-state index in [1.54, 1.807) is 41.2 Å². The van der Waals surface area contributed by atoms with Crippen molar-refractivity contribution >= 4 is 27.4 Å². The van der Waals surface area contributed by atoms with Gasteiger partial charge in [0.1, 0.15) is 5.82 Å². The van der Waals surface area contributed by atoms with Gasteiger partial charge in [0.25, 0.3) is 15.9 Å². The van der Waals surface area contributed by atoms with Crippen LogP contribution in [-0.4, -0.2) is 31.2 Å². The number of anilines is 2. The van der Waals surface area contributed by atoms with Crippen LogP contribution in [-0.2, 0) is 16.6 Å². The number of carbonyl (C=O) groups is 1. The second-order valence-corrected chi connectivity index (χ2v) is 8.29. The lowest BCUT2D eigenvalue weighted by Gasteiger charge is -2.20. The van der Waals surface area contributed by atoms with Gasteiger partial charge in [-0.2, -0.15) is 5.10 Å². The molecule has 0 aliphatic rings. The first kappa shape index (κ1) is 19.6. The molecule has 1 aromatic heterocycles. The van der Waals surface area contributed by atoms with Crippen LogP contribution in [0.4, 0.5) is 11.5 Å². The molecule has 0 saturated carbocycles. The van der Waals surface area contributed by atoms with Crippen molar-refractivity contribution in [1.29, 1.82) is 0 Å². The zero-order chi connectivity index (χ0) is 20.3. The lowest BCUT2D eigenvalue weighted by molar-refractivity contribution is 0.102. The standard InChI is InChI=1S/C20H22N4O3S/c1-4-24-19(12-13-21-24)22-20(25)16-6-5-7-18(14-16)28(26,27)23(3)17-10-8-15(2)9-11-17/h5-14H,4H2,1-3H3,(H,22,25). The third-order valence-electron chi connectivity index (χ3n) is 4.41. The van der Waals surface area contributed by atoms with E-state index in [0.29, 0.717) is 18.1 Å². The van der Waals surface area contributed by atoms with Crippen LogP contribution in [0.5, 0.6) is 0 Å². The lowest BCUT2D eigenvalue weighted by Crippen LogP contribution is -2.27. The molecule has 2 aromatic carbocycles. The smallest absolute Gasteiger partial charge is 0.264 e. The Morgan fingerprint density at radius 1 is 1.14 bits per heavy atom. The molecule has 7 nitrogen and oxygen atoms in total. The Morgan fingerprint density at radius 2 is 1.86 bits per heavy atom. The third-order valence-corrected chi connectivity index (χ3v) is 6.19. The van der Waals surface area contributed by atoms with Gasteiger partial charge in [0.2, 0.25) is 0 Å². The number of aryl methyl sites for hydroxylation is 2. The molecule has 0 radical (unpaired) electrons. The second-order valence-electron chi connectivity index (χ2n) is 6.32. The number of nitrogens with zero attached hydrogens (tertiary/aromatic N) is 3. The molecule has 1 amide bonds. The molecule has 0 unspecified atom stereocenters. The average Bonchev–Trinajstić information content (AvgIpc) is 3.15. The summed E-state index contributed by atoms with van der Waals surface area (Å²) in [6, 6.07) is 14.9. The van der Waals surface area contributed by atoms with E-state index in [4.69, 9.17) is 0 Å². The van der Waals surface area contributed by atoms with Gasteiger partial charge < -0.3 is 5.32 Å². The Bertz CT molecular complexity index is 1090. The maximum atomic E-state index is 13.0. The minimum absolute atomic E-state index is 0.0484. The van der Waals surface area contributed by atoms with E-state index in [9.17, 15) is 13.2 Å². The third kappa shape index (κ3) is 3.91. The van der Waals surface area contributed by atoms with Gasteiger partial charge in [0.15, 0.2) is 0 Å². The molecular weight excluding hydrogens is 376 g/mol. The Hall–Kier alpha value is -3.13. The van der Waals surface area contributed by atoms with Gasteiger partial charge in [-0.15, -0.1) is 0 Å². The van der Waals surface area contributed by atoms with E-state index in [1.165, 1.54) is 23.5 Å². The highest BCUT2D eigenvalue weighted by Crippen LogP contribution is 2.23. The molecule has 28 heavy (non-hydrogen) atoms. The summed E-state index contributed by atoms with van der Waals surface area (Å²) in [4.78, 5) is 12.6. The topological polar surface area (TPSA) is 84.3 Å². The van der Waals surface area contributed by atoms with Crippen LogP contribution in [0.25, 0.3) is 0 Å². The van der Waals surface area contributed by atoms with Gasteiger partial charge in [0.05, 0.1) is 16.8 Å². The van der Waals surface area contributed by atoms with Gasteiger partial charge in [-0.3, -0.25) is 9.10 Å². The van der Waals surface area contributed by atoms with E-state index >= 15 is 0 Å². The number of amides is 1. The molecule has 1 N–H and O–H groups in total. The molecule has 0 aliphatic carbocycles. The monoisotopic (exact) mass is 398 g/mol. The molecule has 146 valence electrons. The molecule has 0 aliphatic heterocycles. The summed E-state index contributed by atoms with van der Waals surface area (Å²) in [5.41, 5.74) is 1.84. The number of sulfonamides is 1. The fourth-order valence-electron chi connectivity index (χ4n) is 2.73. The van der Waals surface area contributed by atoms with Gasteiger partial charge in [-0.1, -0.05) is 23.8 Å². The Morgan fingerprint density at radius 3 is 2.54 bits per heavy atom. The predicted molar refractivity (Wildman–Crippen MR) is 109 cm³/mol. The number of aromatic nitrogens is 2. The molecule has 0 atom stereocenters. The Balaban J connectivity index is 1.87.